The summed E-state index contributed by atoms with van der Waals surface area (Å²) in [5.74, 6) is 0. The fourth-order valence-electron chi connectivity index (χ4n) is 9.44. The fraction of sp³-hybridized carbons (Fsp3) is 0. The minimum absolute atomic E-state index is 0.877. The van der Waals surface area contributed by atoms with Gasteiger partial charge in [-0.1, -0.05) is 133 Å². The Balaban J connectivity index is 0.972. The maximum Gasteiger partial charge on any atom is 0.136 e. The van der Waals surface area contributed by atoms with Crippen LogP contribution in [0.3, 0.4) is 0 Å². The van der Waals surface area contributed by atoms with Gasteiger partial charge in [-0.25, -0.2) is 0 Å². The quantitative estimate of drug-likeness (QED) is 0.169. The number of rotatable bonds is 3. The van der Waals surface area contributed by atoms with E-state index in [-0.39, 0.29) is 0 Å². The molecule has 0 fully saturated rings. The number of furan rings is 2. The van der Waals surface area contributed by atoms with E-state index < -0.39 is 0 Å². The Morgan fingerprint density at radius 3 is 1.63 bits per heavy atom. The molecule has 0 radical (unpaired) electrons. The number of hydrogen-bond donors (Lipinski definition) is 0. The molecule has 264 valence electrons. The van der Waals surface area contributed by atoms with E-state index in [2.05, 4.69) is 170 Å². The SMILES string of the molecule is c1ccc(-c2c3ccccc3c(-c3ccc4sc5c(-c6ccc7cc8oc9cc%10c(cc9c8cc7c6)oc6ccccc6%10)cccc5c4c3)c3ccccc23)cc1. The molecule has 3 heteroatoms. The standard InChI is InChI=1S/C54H30O2S/c1-2-11-31(12-3-1)52-38-14-4-6-16-40(38)53(41-17-7-5-15-39(41)52)34-23-24-51-46(26-34)42-19-10-18-36(54(42)57-51)33-22-21-32-28-48-43(27-35(32)25-33)45-30-49-44(29-50(45)56-48)37-13-8-9-20-47(37)55-49/h1-30H. The molecule has 0 atom stereocenters. The van der Waals surface area contributed by atoms with E-state index in [0.717, 1.165) is 49.3 Å². The van der Waals surface area contributed by atoms with Crippen LogP contribution in [-0.2, 0) is 0 Å². The third kappa shape index (κ3) is 4.52. The first-order chi connectivity index (χ1) is 28.2. The van der Waals surface area contributed by atoms with Crippen LogP contribution in [0, 0.1) is 0 Å². The van der Waals surface area contributed by atoms with Crippen LogP contribution in [0.1, 0.15) is 0 Å². The van der Waals surface area contributed by atoms with Crippen LogP contribution in [0.5, 0.6) is 0 Å². The second-order valence-electron chi connectivity index (χ2n) is 15.2. The molecule has 2 nitrogen and oxygen atoms in total. The van der Waals surface area contributed by atoms with Crippen molar-refractivity contribution in [1.82, 2.24) is 0 Å². The van der Waals surface area contributed by atoms with Gasteiger partial charge in [-0.3, -0.25) is 0 Å². The van der Waals surface area contributed by atoms with E-state index in [1.165, 1.54) is 80.5 Å². The summed E-state index contributed by atoms with van der Waals surface area (Å²) in [7, 11) is 0. The highest BCUT2D eigenvalue weighted by Gasteiger charge is 2.19. The van der Waals surface area contributed by atoms with Gasteiger partial charge in [0.2, 0.25) is 0 Å². The maximum atomic E-state index is 6.47. The Kier molecular flexibility index (Phi) is 6.35. The van der Waals surface area contributed by atoms with Crippen molar-refractivity contribution >= 4 is 108 Å². The van der Waals surface area contributed by atoms with Crippen LogP contribution < -0.4 is 0 Å². The summed E-state index contributed by atoms with van der Waals surface area (Å²) in [6, 6.07) is 66.2. The number of para-hydroxylation sites is 1. The zero-order chi connectivity index (χ0) is 37.2. The van der Waals surface area contributed by atoms with Gasteiger partial charge in [0.25, 0.3) is 0 Å². The van der Waals surface area contributed by atoms with Crippen molar-refractivity contribution in [2.45, 2.75) is 0 Å². The highest BCUT2D eigenvalue weighted by atomic mass is 32.1. The third-order valence-electron chi connectivity index (χ3n) is 12.0. The van der Waals surface area contributed by atoms with Crippen molar-refractivity contribution in [1.29, 1.82) is 0 Å². The van der Waals surface area contributed by atoms with E-state index in [0.29, 0.717) is 0 Å². The molecule has 0 amide bonds. The molecule has 10 aromatic carbocycles. The van der Waals surface area contributed by atoms with Crippen LogP contribution in [-0.4, -0.2) is 0 Å². The summed E-state index contributed by atoms with van der Waals surface area (Å²) < 4.78 is 15.3. The van der Waals surface area contributed by atoms with Gasteiger partial charge in [0.15, 0.2) is 0 Å². The summed E-state index contributed by atoms with van der Waals surface area (Å²) in [5.41, 5.74) is 11.1. The Bertz CT molecular complexity index is 3750. The highest BCUT2D eigenvalue weighted by Crippen LogP contribution is 2.47. The summed E-state index contributed by atoms with van der Waals surface area (Å²) in [6.07, 6.45) is 0. The fourth-order valence-corrected chi connectivity index (χ4v) is 10.7. The van der Waals surface area contributed by atoms with E-state index in [1.54, 1.807) is 0 Å². The van der Waals surface area contributed by atoms with Crippen molar-refractivity contribution in [3.8, 4) is 33.4 Å². The van der Waals surface area contributed by atoms with Crippen molar-refractivity contribution < 1.29 is 8.83 Å². The monoisotopic (exact) mass is 742 g/mol. The zero-order valence-corrected chi connectivity index (χ0v) is 31.4. The molecule has 0 aliphatic heterocycles. The van der Waals surface area contributed by atoms with Gasteiger partial charge in [-0.05, 0) is 114 Å². The number of fused-ring (bicyclic) bond motifs is 12. The number of thiophene rings is 1. The lowest BCUT2D eigenvalue weighted by atomic mass is 9.86. The molecule has 3 heterocycles. The van der Waals surface area contributed by atoms with Gasteiger partial charge in [0.05, 0.1) is 0 Å². The maximum absolute atomic E-state index is 6.47. The summed E-state index contributed by atoms with van der Waals surface area (Å²) in [6.45, 7) is 0. The molecule has 0 saturated carbocycles. The van der Waals surface area contributed by atoms with Crippen molar-refractivity contribution in [2.75, 3.05) is 0 Å². The zero-order valence-electron chi connectivity index (χ0n) is 30.5. The molecule has 0 aliphatic carbocycles. The summed E-state index contributed by atoms with van der Waals surface area (Å²) in [5, 5.41) is 14.4. The topological polar surface area (TPSA) is 26.3 Å². The summed E-state index contributed by atoms with van der Waals surface area (Å²) >= 11 is 1.88. The average molecular weight is 743 g/mol. The Hall–Kier alpha value is -7.20. The minimum atomic E-state index is 0.877. The number of benzene rings is 10. The lowest BCUT2D eigenvalue weighted by Crippen LogP contribution is -1.90. The largest absolute Gasteiger partial charge is 0.456 e. The van der Waals surface area contributed by atoms with Crippen LogP contribution in [0.25, 0.3) is 130 Å². The van der Waals surface area contributed by atoms with Crippen LogP contribution in [0.4, 0.5) is 0 Å². The predicted octanol–water partition coefficient (Wildman–Crippen LogP) is 16.3. The molecule has 0 saturated heterocycles. The minimum Gasteiger partial charge on any atom is -0.456 e. The second-order valence-corrected chi connectivity index (χ2v) is 16.2. The molecule has 13 aromatic rings. The van der Waals surface area contributed by atoms with Crippen LogP contribution in [0.15, 0.2) is 191 Å². The average Bonchev–Trinajstić information content (AvgIpc) is 3.94. The number of hydrogen-bond acceptors (Lipinski definition) is 3. The predicted molar refractivity (Wildman–Crippen MR) is 243 cm³/mol. The third-order valence-corrected chi connectivity index (χ3v) is 13.2. The van der Waals surface area contributed by atoms with Crippen molar-refractivity contribution in [3.05, 3.63) is 182 Å². The molecule has 0 N–H and O–H groups in total. The first kappa shape index (κ1) is 31.1. The molecule has 0 unspecified atom stereocenters. The van der Waals surface area contributed by atoms with Gasteiger partial charge in [0.1, 0.15) is 22.3 Å². The van der Waals surface area contributed by atoms with Gasteiger partial charge in [-0.15, -0.1) is 11.3 Å². The van der Waals surface area contributed by atoms with Crippen LogP contribution >= 0.6 is 11.3 Å². The van der Waals surface area contributed by atoms with E-state index in [4.69, 9.17) is 8.83 Å². The van der Waals surface area contributed by atoms with E-state index in [1.807, 2.05) is 23.5 Å². The Labute approximate surface area is 330 Å². The molecule has 0 spiro atoms. The highest BCUT2D eigenvalue weighted by molar-refractivity contribution is 7.26. The van der Waals surface area contributed by atoms with Gasteiger partial charge in [0, 0.05) is 41.7 Å². The molecular formula is C54H30O2S. The van der Waals surface area contributed by atoms with E-state index >= 15 is 0 Å². The first-order valence-electron chi connectivity index (χ1n) is 19.4. The summed E-state index contributed by atoms with van der Waals surface area (Å²) in [4.78, 5) is 0. The molecule has 57 heavy (non-hydrogen) atoms. The Morgan fingerprint density at radius 2 is 0.877 bits per heavy atom. The molecule has 0 aliphatic rings. The lowest BCUT2D eigenvalue weighted by Gasteiger charge is -2.17. The second kappa shape index (κ2) is 11.7. The Morgan fingerprint density at radius 1 is 0.298 bits per heavy atom. The normalized spacial score (nSPS) is 12.2. The lowest BCUT2D eigenvalue weighted by molar-refractivity contribution is 0.664. The van der Waals surface area contributed by atoms with Crippen molar-refractivity contribution in [3.63, 3.8) is 0 Å². The van der Waals surface area contributed by atoms with Gasteiger partial charge < -0.3 is 8.83 Å². The molecule has 3 aromatic heterocycles. The van der Waals surface area contributed by atoms with Gasteiger partial charge in [-0.2, -0.15) is 0 Å². The van der Waals surface area contributed by atoms with Crippen molar-refractivity contribution in [2.24, 2.45) is 0 Å². The molecular weight excluding hydrogens is 713 g/mol. The van der Waals surface area contributed by atoms with E-state index in [9.17, 15) is 0 Å². The molecule has 0 bridgehead atoms. The first-order valence-corrected chi connectivity index (χ1v) is 20.2. The molecule has 13 rings (SSSR count). The van der Waals surface area contributed by atoms with Crippen LogP contribution in [0.2, 0.25) is 0 Å². The smallest absolute Gasteiger partial charge is 0.136 e. The van der Waals surface area contributed by atoms with Gasteiger partial charge >= 0.3 is 0 Å².